The van der Waals surface area contributed by atoms with Crippen molar-refractivity contribution >= 4 is 40.6 Å². The van der Waals surface area contributed by atoms with Crippen molar-refractivity contribution in [2.24, 2.45) is 0 Å². The monoisotopic (exact) mass is 417 g/mol. The van der Waals surface area contributed by atoms with E-state index in [1.165, 1.54) is 17.4 Å². The van der Waals surface area contributed by atoms with Gasteiger partial charge in [-0.15, -0.1) is 11.3 Å². The second kappa shape index (κ2) is 9.41. The van der Waals surface area contributed by atoms with Crippen molar-refractivity contribution in [3.63, 3.8) is 0 Å². The Balaban J connectivity index is 1.29. The van der Waals surface area contributed by atoms with Gasteiger partial charge in [0.1, 0.15) is 0 Å². The first kappa shape index (κ1) is 19.9. The molecule has 0 bridgehead atoms. The summed E-state index contributed by atoms with van der Waals surface area (Å²) in [6.45, 7) is 3.00. The number of carbonyl (C=O) groups excluding carboxylic acids is 2. The van der Waals surface area contributed by atoms with Crippen molar-refractivity contribution < 1.29 is 9.59 Å². The van der Waals surface area contributed by atoms with Gasteiger partial charge in [-0.25, -0.2) is 0 Å². The molecule has 0 saturated carbocycles. The summed E-state index contributed by atoms with van der Waals surface area (Å²) in [6, 6.07) is 21.3. The summed E-state index contributed by atoms with van der Waals surface area (Å²) >= 11 is 1.49. The maximum Gasteiger partial charge on any atom is 0.264 e. The Hall–Kier alpha value is -3.38. The third kappa shape index (κ3) is 4.96. The van der Waals surface area contributed by atoms with Crippen LogP contribution in [0, 0.1) is 0 Å². The van der Waals surface area contributed by atoms with E-state index >= 15 is 0 Å². The summed E-state index contributed by atoms with van der Waals surface area (Å²) in [7, 11) is 0. The summed E-state index contributed by atoms with van der Waals surface area (Å²) in [5, 5.41) is 4.82. The smallest absolute Gasteiger partial charge is 0.264 e. The maximum absolute atomic E-state index is 12.5. The van der Waals surface area contributed by atoms with E-state index in [0.717, 1.165) is 34.9 Å². The summed E-state index contributed by atoms with van der Waals surface area (Å²) in [5.41, 5.74) is 2.84. The minimum absolute atomic E-state index is 0.117. The lowest BCUT2D eigenvalue weighted by Gasteiger charge is -2.36. The molecular formula is C24H23N3O2S. The summed E-state index contributed by atoms with van der Waals surface area (Å²) < 4.78 is 0. The zero-order valence-corrected chi connectivity index (χ0v) is 17.3. The molecule has 1 N–H and O–H groups in total. The van der Waals surface area contributed by atoms with Crippen LogP contribution in [-0.4, -0.2) is 42.9 Å². The van der Waals surface area contributed by atoms with Gasteiger partial charge in [0.15, 0.2) is 0 Å². The number of hydrogen-bond donors (Lipinski definition) is 1. The molecule has 0 radical (unpaired) electrons. The number of nitrogens with one attached hydrogen (secondary N) is 1. The van der Waals surface area contributed by atoms with Crippen LogP contribution in [0.1, 0.15) is 15.2 Å². The highest BCUT2D eigenvalue weighted by atomic mass is 32.1. The lowest BCUT2D eigenvalue weighted by Crippen LogP contribution is -2.48. The van der Waals surface area contributed by atoms with Crippen LogP contribution in [0.3, 0.4) is 0 Å². The summed E-state index contributed by atoms with van der Waals surface area (Å²) in [5.74, 6) is -0.0430. The van der Waals surface area contributed by atoms with Crippen molar-refractivity contribution in [1.82, 2.24) is 4.90 Å². The number of amides is 2. The van der Waals surface area contributed by atoms with Gasteiger partial charge in [0, 0.05) is 43.6 Å². The number of nitrogens with zero attached hydrogens (tertiary/aromatic N) is 2. The minimum atomic E-state index is -0.160. The third-order valence-corrected chi connectivity index (χ3v) is 5.88. The van der Waals surface area contributed by atoms with Crippen LogP contribution in [0.5, 0.6) is 0 Å². The Morgan fingerprint density at radius 3 is 2.27 bits per heavy atom. The highest BCUT2D eigenvalue weighted by Crippen LogP contribution is 2.21. The molecule has 5 nitrogen and oxygen atoms in total. The molecule has 3 aromatic rings. The molecule has 2 aromatic carbocycles. The second-order valence-corrected chi connectivity index (χ2v) is 7.98. The van der Waals surface area contributed by atoms with Crippen LogP contribution < -0.4 is 10.2 Å². The standard InChI is InChI=1S/C24H23N3O2S/c28-23(13-8-19-5-2-1-3-6-19)25-20-9-11-21(12-10-20)26-14-16-27(17-15-26)24(29)22-7-4-18-30-22/h1-13,18H,14-17H2,(H,25,28)/b13-8+. The number of hydrogen-bond acceptors (Lipinski definition) is 4. The molecule has 2 heterocycles. The van der Waals surface area contributed by atoms with Gasteiger partial charge in [-0.3, -0.25) is 9.59 Å². The number of anilines is 2. The van der Waals surface area contributed by atoms with Crippen LogP contribution in [0.25, 0.3) is 6.08 Å². The molecule has 1 fully saturated rings. The molecule has 6 heteroatoms. The predicted octanol–water partition coefficient (Wildman–Crippen LogP) is 4.36. The van der Waals surface area contributed by atoms with E-state index < -0.39 is 0 Å². The zero-order chi connectivity index (χ0) is 20.8. The largest absolute Gasteiger partial charge is 0.368 e. The highest BCUT2D eigenvalue weighted by molar-refractivity contribution is 7.12. The van der Waals surface area contributed by atoms with Gasteiger partial charge in [-0.1, -0.05) is 36.4 Å². The summed E-state index contributed by atoms with van der Waals surface area (Å²) in [6.07, 6.45) is 3.33. The molecule has 1 aliphatic rings. The Kier molecular flexibility index (Phi) is 6.25. The number of carbonyl (C=O) groups is 2. The predicted molar refractivity (Wildman–Crippen MR) is 123 cm³/mol. The van der Waals surface area contributed by atoms with Gasteiger partial charge in [0.2, 0.25) is 5.91 Å². The van der Waals surface area contributed by atoms with Gasteiger partial charge >= 0.3 is 0 Å². The Bertz CT molecular complexity index is 1010. The molecule has 1 aliphatic heterocycles. The van der Waals surface area contributed by atoms with Crippen molar-refractivity contribution in [1.29, 1.82) is 0 Å². The SMILES string of the molecule is O=C(/C=C/c1ccccc1)Nc1ccc(N2CCN(C(=O)c3cccs3)CC2)cc1. The average molecular weight is 418 g/mol. The number of piperazine rings is 1. The molecule has 0 atom stereocenters. The summed E-state index contributed by atoms with van der Waals surface area (Å²) in [4.78, 5) is 29.6. The van der Waals surface area contributed by atoms with E-state index in [1.54, 1.807) is 6.08 Å². The number of rotatable bonds is 5. The van der Waals surface area contributed by atoms with Crippen molar-refractivity contribution in [2.75, 3.05) is 36.4 Å². The molecule has 1 saturated heterocycles. The van der Waals surface area contributed by atoms with E-state index in [0.29, 0.717) is 13.1 Å². The van der Waals surface area contributed by atoms with Gasteiger partial charge in [-0.2, -0.15) is 0 Å². The van der Waals surface area contributed by atoms with Crippen molar-refractivity contribution in [3.05, 3.63) is 88.6 Å². The Labute approximate surface area is 180 Å². The molecule has 152 valence electrons. The van der Waals surface area contributed by atoms with Gasteiger partial charge in [0.25, 0.3) is 5.91 Å². The molecule has 0 unspecified atom stereocenters. The molecule has 0 spiro atoms. The van der Waals surface area contributed by atoms with E-state index in [1.807, 2.05) is 77.0 Å². The minimum Gasteiger partial charge on any atom is -0.368 e. The first-order chi connectivity index (χ1) is 14.7. The maximum atomic E-state index is 12.5. The third-order valence-electron chi connectivity index (χ3n) is 5.03. The molecular weight excluding hydrogens is 394 g/mol. The normalized spacial score (nSPS) is 14.1. The topological polar surface area (TPSA) is 52.7 Å². The quantitative estimate of drug-likeness (QED) is 0.628. The van der Waals surface area contributed by atoms with Crippen LogP contribution >= 0.6 is 11.3 Å². The molecule has 4 rings (SSSR count). The first-order valence-electron chi connectivity index (χ1n) is 9.91. The van der Waals surface area contributed by atoms with E-state index in [-0.39, 0.29) is 11.8 Å². The fourth-order valence-electron chi connectivity index (χ4n) is 3.40. The van der Waals surface area contributed by atoms with Gasteiger partial charge in [0.05, 0.1) is 4.88 Å². The fourth-order valence-corrected chi connectivity index (χ4v) is 4.09. The lowest BCUT2D eigenvalue weighted by atomic mass is 10.2. The fraction of sp³-hybridized carbons (Fsp3) is 0.167. The molecule has 30 heavy (non-hydrogen) atoms. The number of benzene rings is 2. The van der Waals surface area contributed by atoms with Crippen molar-refractivity contribution in [3.8, 4) is 0 Å². The van der Waals surface area contributed by atoms with Crippen LogP contribution in [0.15, 0.2) is 78.2 Å². The first-order valence-corrected chi connectivity index (χ1v) is 10.8. The molecule has 2 amide bonds. The van der Waals surface area contributed by atoms with Crippen LogP contribution in [-0.2, 0) is 4.79 Å². The van der Waals surface area contributed by atoms with Crippen LogP contribution in [0.2, 0.25) is 0 Å². The number of thiophene rings is 1. The van der Waals surface area contributed by atoms with Crippen molar-refractivity contribution in [2.45, 2.75) is 0 Å². The highest BCUT2D eigenvalue weighted by Gasteiger charge is 2.22. The van der Waals surface area contributed by atoms with E-state index in [4.69, 9.17) is 0 Å². The molecule has 0 aliphatic carbocycles. The van der Waals surface area contributed by atoms with E-state index in [2.05, 4.69) is 10.2 Å². The van der Waals surface area contributed by atoms with E-state index in [9.17, 15) is 9.59 Å². The Morgan fingerprint density at radius 1 is 0.867 bits per heavy atom. The van der Waals surface area contributed by atoms with Crippen LogP contribution in [0.4, 0.5) is 11.4 Å². The second-order valence-electron chi connectivity index (χ2n) is 7.04. The Morgan fingerprint density at radius 2 is 1.60 bits per heavy atom. The van der Waals surface area contributed by atoms with Gasteiger partial charge < -0.3 is 15.1 Å². The average Bonchev–Trinajstić information content (AvgIpc) is 3.34. The van der Waals surface area contributed by atoms with Gasteiger partial charge in [-0.05, 0) is 47.4 Å². The zero-order valence-electron chi connectivity index (χ0n) is 16.5. The molecule has 1 aromatic heterocycles. The lowest BCUT2D eigenvalue weighted by molar-refractivity contribution is -0.111.